The van der Waals surface area contributed by atoms with E-state index >= 15 is 0 Å². The van der Waals surface area contributed by atoms with Crippen LogP contribution in [0.4, 0.5) is 4.39 Å². The molecule has 1 aliphatic carbocycles. The van der Waals surface area contributed by atoms with Crippen molar-refractivity contribution in [3.05, 3.63) is 47.5 Å². The minimum atomic E-state index is -0.405. The largest absolute Gasteiger partial charge is 0.324 e. The van der Waals surface area contributed by atoms with Crippen molar-refractivity contribution in [1.29, 1.82) is 0 Å². The lowest BCUT2D eigenvalue weighted by Crippen LogP contribution is -2.23. The number of carbonyl (C=O) groups is 1. The second kappa shape index (κ2) is 6.46. The van der Waals surface area contributed by atoms with Gasteiger partial charge in [-0.1, -0.05) is 19.9 Å². The second-order valence-electron chi connectivity index (χ2n) is 4.69. The standard InChI is InChI=1S/C14H13FN2O.C2H6/c15-11-3-1-2-10(6-11)14(18)17-12-7-13(16-8-12)9-4-5-9;1-2/h1-3,6,8-9H,4-5,7H2,(H,17,18);1-2H3. The van der Waals surface area contributed by atoms with Gasteiger partial charge in [0.1, 0.15) is 5.82 Å². The Morgan fingerprint density at radius 1 is 1.35 bits per heavy atom. The fourth-order valence-corrected chi connectivity index (χ4v) is 2.04. The first kappa shape index (κ1) is 14.4. The first-order valence-corrected chi connectivity index (χ1v) is 7.05. The van der Waals surface area contributed by atoms with E-state index in [0.717, 1.165) is 11.4 Å². The summed E-state index contributed by atoms with van der Waals surface area (Å²) in [6.07, 6.45) is 4.83. The number of allylic oxidation sites excluding steroid dienone is 1. The van der Waals surface area contributed by atoms with Crippen LogP contribution in [0.15, 0.2) is 41.2 Å². The highest BCUT2D eigenvalue weighted by molar-refractivity contribution is 5.98. The van der Waals surface area contributed by atoms with Crippen molar-refractivity contribution in [2.24, 2.45) is 10.9 Å². The lowest BCUT2D eigenvalue weighted by atomic mass is 10.1. The molecule has 4 heteroatoms. The van der Waals surface area contributed by atoms with Crippen LogP contribution in [-0.2, 0) is 0 Å². The van der Waals surface area contributed by atoms with E-state index in [1.165, 1.54) is 31.0 Å². The van der Waals surface area contributed by atoms with Gasteiger partial charge in [-0.15, -0.1) is 0 Å². The number of rotatable bonds is 3. The van der Waals surface area contributed by atoms with Crippen LogP contribution < -0.4 is 5.32 Å². The highest BCUT2D eigenvalue weighted by atomic mass is 19.1. The SMILES string of the molecule is CC.O=C(NC1=CN=C(C2CC2)C1)c1cccc(F)c1. The highest BCUT2D eigenvalue weighted by Crippen LogP contribution is 2.34. The molecule has 1 aromatic rings. The highest BCUT2D eigenvalue weighted by Gasteiger charge is 2.29. The molecule has 20 heavy (non-hydrogen) atoms. The van der Waals surface area contributed by atoms with E-state index in [1.54, 1.807) is 12.3 Å². The fraction of sp³-hybridized carbons (Fsp3) is 0.375. The van der Waals surface area contributed by atoms with Crippen LogP contribution in [-0.4, -0.2) is 11.6 Å². The van der Waals surface area contributed by atoms with E-state index in [2.05, 4.69) is 10.3 Å². The van der Waals surface area contributed by atoms with E-state index in [0.29, 0.717) is 17.9 Å². The number of nitrogens with one attached hydrogen (secondary N) is 1. The molecule has 1 saturated carbocycles. The summed E-state index contributed by atoms with van der Waals surface area (Å²) in [5.74, 6) is -0.0733. The van der Waals surface area contributed by atoms with Crippen LogP contribution in [0.1, 0.15) is 43.5 Å². The molecule has 0 spiro atoms. The van der Waals surface area contributed by atoms with Gasteiger partial charge in [0, 0.05) is 29.6 Å². The molecule has 1 amide bonds. The van der Waals surface area contributed by atoms with Gasteiger partial charge >= 0.3 is 0 Å². The summed E-state index contributed by atoms with van der Waals surface area (Å²) in [4.78, 5) is 16.2. The number of nitrogens with zero attached hydrogens (tertiary/aromatic N) is 1. The molecule has 2 aliphatic rings. The third-order valence-electron chi connectivity index (χ3n) is 3.17. The molecule has 0 aromatic heterocycles. The maximum atomic E-state index is 13.0. The molecule has 106 valence electrons. The van der Waals surface area contributed by atoms with Crippen molar-refractivity contribution in [3.63, 3.8) is 0 Å². The molecule has 1 heterocycles. The number of benzene rings is 1. The Morgan fingerprint density at radius 3 is 2.75 bits per heavy atom. The minimum absolute atomic E-state index is 0.284. The molecule has 1 aromatic carbocycles. The summed E-state index contributed by atoms with van der Waals surface area (Å²) in [5, 5.41) is 2.78. The predicted molar refractivity (Wildman–Crippen MR) is 78.1 cm³/mol. The molecule has 1 N–H and O–H groups in total. The number of hydrogen-bond donors (Lipinski definition) is 1. The molecular weight excluding hydrogens is 255 g/mol. The smallest absolute Gasteiger partial charge is 0.255 e. The molecule has 0 bridgehead atoms. The lowest BCUT2D eigenvalue weighted by molar-refractivity contribution is 0.0965. The van der Waals surface area contributed by atoms with E-state index in [4.69, 9.17) is 0 Å². The number of halogens is 1. The van der Waals surface area contributed by atoms with E-state index in [9.17, 15) is 9.18 Å². The van der Waals surface area contributed by atoms with Crippen molar-refractivity contribution in [3.8, 4) is 0 Å². The van der Waals surface area contributed by atoms with Gasteiger partial charge in [-0.3, -0.25) is 9.79 Å². The van der Waals surface area contributed by atoms with E-state index in [1.807, 2.05) is 13.8 Å². The van der Waals surface area contributed by atoms with Gasteiger partial charge in [0.15, 0.2) is 0 Å². The first-order valence-electron chi connectivity index (χ1n) is 7.05. The van der Waals surface area contributed by atoms with E-state index < -0.39 is 5.82 Å². The Morgan fingerprint density at radius 2 is 2.10 bits per heavy atom. The van der Waals surface area contributed by atoms with Gasteiger partial charge in [-0.25, -0.2) is 4.39 Å². The Labute approximate surface area is 118 Å². The van der Waals surface area contributed by atoms with Crippen LogP contribution in [0.25, 0.3) is 0 Å². The zero-order valence-corrected chi connectivity index (χ0v) is 11.8. The summed E-state index contributed by atoms with van der Waals surface area (Å²) in [6, 6.07) is 5.67. The van der Waals surface area contributed by atoms with Crippen LogP contribution in [0, 0.1) is 11.7 Å². The third kappa shape index (κ3) is 3.53. The van der Waals surface area contributed by atoms with Crippen molar-refractivity contribution < 1.29 is 9.18 Å². The van der Waals surface area contributed by atoms with Gasteiger partial charge in [-0.2, -0.15) is 0 Å². The maximum absolute atomic E-state index is 13.0. The van der Waals surface area contributed by atoms with Crippen LogP contribution in [0.5, 0.6) is 0 Å². The molecule has 0 atom stereocenters. The Kier molecular flexibility index (Phi) is 4.66. The van der Waals surface area contributed by atoms with Crippen LogP contribution in [0.3, 0.4) is 0 Å². The molecule has 0 radical (unpaired) electrons. The molecule has 0 saturated heterocycles. The van der Waals surface area contributed by atoms with Gasteiger partial charge in [0.25, 0.3) is 5.91 Å². The van der Waals surface area contributed by atoms with Gasteiger partial charge < -0.3 is 5.32 Å². The van der Waals surface area contributed by atoms with Crippen molar-refractivity contribution in [1.82, 2.24) is 5.32 Å². The van der Waals surface area contributed by atoms with E-state index in [-0.39, 0.29) is 5.91 Å². The average molecular weight is 274 g/mol. The zero-order valence-electron chi connectivity index (χ0n) is 11.8. The first-order chi connectivity index (χ1) is 9.72. The number of carbonyl (C=O) groups excluding carboxylic acids is 1. The summed E-state index contributed by atoms with van der Waals surface area (Å²) in [5.41, 5.74) is 2.28. The summed E-state index contributed by atoms with van der Waals surface area (Å²) in [7, 11) is 0. The minimum Gasteiger partial charge on any atom is -0.324 e. The van der Waals surface area contributed by atoms with Gasteiger partial charge in [-0.05, 0) is 37.0 Å². The maximum Gasteiger partial charge on any atom is 0.255 e. The van der Waals surface area contributed by atoms with Gasteiger partial charge in [0.05, 0.1) is 0 Å². The van der Waals surface area contributed by atoms with Crippen molar-refractivity contribution >= 4 is 11.6 Å². The summed E-state index contributed by atoms with van der Waals surface area (Å²) >= 11 is 0. The average Bonchev–Trinajstić information content (AvgIpc) is 3.22. The zero-order chi connectivity index (χ0) is 14.5. The van der Waals surface area contributed by atoms with Crippen LogP contribution in [0.2, 0.25) is 0 Å². The number of amides is 1. The third-order valence-corrected chi connectivity index (χ3v) is 3.17. The Hall–Kier alpha value is -1.97. The Balaban J connectivity index is 0.000000704. The molecule has 1 aliphatic heterocycles. The van der Waals surface area contributed by atoms with Crippen LogP contribution >= 0.6 is 0 Å². The number of aliphatic imine (C=N–C) groups is 1. The summed E-state index contributed by atoms with van der Waals surface area (Å²) < 4.78 is 13.0. The predicted octanol–water partition coefficient (Wildman–Crippen LogP) is 3.68. The molecule has 1 fully saturated rings. The van der Waals surface area contributed by atoms with Crippen molar-refractivity contribution in [2.45, 2.75) is 33.1 Å². The topological polar surface area (TPSA) is 41.5 Å². The van der Waals surface area contributed by atoms with Crippen molar-refractivity contribution in [2.75, 3.05) is 0 Å². The number of hydrogen-bond acceptors (Lipinski definition) is 2. The second-order valence-corrected chi connectivity index (χ2v) is 4.69. The molecule has 3 rings (SSSR count). The monoisotopic (exact) mass is 274 g/mol. The normalized spacial score (nSPS) is 16.8. The molecule has 0 unspecified atom stereocenters. The molecule has 3 nitrogen and oxygen atoms in total. The molecular formula is C16H19FN2O. The fourth-order valence-electron chi connectivity index (χ4n) is 2.04. The van der Waals surface area contributed by atoms with Gasteiger partial charge in [0.2, 0.25) is 0 Å². The quantitative estimate of drug-likeness (QED) is 0.897. The lowest BCUT2D eigenvalue weighted by Gasteiger charge is -2.06. The summed E-state index contributed by atoms with van der Waals surface area (Å²) in [6.45, 7) is 4.00. The Bertz CT molecular complexity index is 559.